The Morgan fingerprint density at radius 1 is 1.03 bits per heavy atom. The van der Waals surface area contributed by atoms with Crippen molar-refractivity contribution in [3.63, 3.8) is 0 Å². The van der Waals surface area contributed by atoms with Gasteiger partial charge in [-0.3, -0.25) is 4.90 Å². The van der Waals surface area contributed by atoms with Gasteiger partial charge in [-0.05, 0) is 52.7 Å². The summed E-state index contributed by atoms with van der Waals surface area (Å²) >= 11 is 0. The molecule has 1 rings (SSSR count). The number of amides is 1. The Morgan fingerprint density at radius 3 is 1.97 bits per heavy atom. The summed E-state index contributed by atoms with van der Waals surface area (Å²) in [4.78, 5) is 37.5. The summed E-state index contributed by atoms with van der Waals surface area (Å²) in [6, 6.07) is 7.53. The van der Waals surface area contributed by atoms with E-state index in [1.807, 2.05) is 31.2 Å². The van der Waals surface area contributed by atoms with E-state index >= 15 is 0 Å². The van der Waals surface area contributed by atoms with Crippen molar-refractivity contribution in [1.29, 1.82) is 0 Å². The predicted molar refractivity (Wildman–Crippen MR) is 129 cm³/mol. The van der Waals surface area contributed by atoms with Crippen LogP contribution in [0, 0.1) is 5.92 Å². The maximum absolute atomic E-state index is 12.2. The van der Waals surface area contributed by atoms with E-state index in [9.17, 15) is 19.5 Å². The third kappa shape index (κ3) is 7.93. The van der Waals surface area contributed by atoms with Crippen LogP contribution < -0.4 is 0 Å². The number of benzene rings is 1. The standard InChI is InChI=1S/C26H35NO6/c1-9-19(6)24(29)33-16-20(15-32-23(28)18(4)5)14-27(25(30)31)26(7,8)22-12-10-21(11-13-22)17(2)3/h9-13,20H,2,4,14-16H2,1,3,5-8H3,(H,30,31). The number of carbonyl (C=O) groups excluding carboxylic acids is 2. The van der Waals surface area contributed by atoms with Gasteiger partial charge in [-0.1, -0.05) is 49.1 Å². The molecule has 7 heteroatoms. The first kappa shape index (κ1) is 27.7. The summed E-state index contributed by atoms with van der Waals surface area (Å²) in [5, 5.41) is 10.0. The van der Waals surface area contributed by atoms with Gasteiger partial charge in [-0.2, -0.15) is 0 Å². The van der Waals surface area contributed by atoms with Crippen LogP contribution in [-0.4, -0.2) is 47.8 Å². The van der Waals surface area contributed by atoms with Gasteiger partial charge in [0.05, 0.1) is 18.8 Å². The topological polar surface area (TPSA) is 93.1 Å². The van der Waals surface area contributed by atoms with Crippen LogP contribution in [0.4, 0.5) is 4.79 Å². The molecule has 1 unspecified atom stereocenters. The molecule has 33 heavy (non-hydrogen) atoms. The molecule has 1 N–H and O–H groups in total. The Labute approximate surface area is 196 Å². The van der Waals surface area contributed by atoms with Gasteiger partial charge < -0.3 is 14.6 Å². The van der Waals surface area contributed by atoms with Gasteiger partial charge in [0, 0.05) is 23.6 Å². The third-order valence-corrected chi connectivity index (χ3v) is 5.43. The molecule has 0 aliphatic heterocycles. The minimum absolute atomic E-state index is 0.0177. The maximum Gasteiger partial charge on any atom is 0.408 e. The third-order valence-electron chi connectivity index (χ3n) is 5.43. The lowest BCUT2D eigenvalue weighted by Gasteiger charge is -2.39. The molecule has 0 aromatic heterocycles. The van der Waals surface area contributed by atoms with Crippen molar-refractivity contribution in [2.75, 3.05) is 19.8 Å². The summed E-state index contributed by atoms with van der Waals surface area (Å²) in [5.41, 5.74) is 2.41. The molecule has 1 atom stereocenters. The smallest absolute Gasteiger partial charge is 0.408 e. The van der Waals surface area contributed by atoms with E-state index in [1.54, 1.807) is 33.8 Å². The number of allylic oxidation sites excluding steroid dienone is 2. The molecule has 1 aromatic rings. The van der Waals surface area contributed by atoms with E-state index in [4.69, 9.17) is 9.47 Å². The minimum Gasteiger partial charge on any atom is -0.465 e. The van der Waals surface area contributed by atoms with E-state index < -0.39 is 29.5 Å². The minimum atomic E-state index is -1.14. The highest BCUT2D eigenvalue weighted by atomic mass is 16.5. The highest BCUT2D eigenvalue weighted by Gasteiger charge is 2.35. The van der Waals surface area contributed by atoms with Crippen LogP contribution in [0.1, 0.15) is 52.7 Å². The average Bonchev–Trinajstić information content (AvgIpc) is 2.76. The van der Waals surface area contributed by atoms with Crippen LogP contribution >= 0.6 is 0 Å². The average molecular weight is 458 g/mol. The molecule has 0 fully saturated rings. The molecule has 0 aliphatic rings. The van der Waals surface area contributed by atoms with Gasteiger partial charge >= 0.3 is 18.0 Å². The molecule has 0 saturated carbocycles. The van der Waals surface area contributed by atoms with Gasteiger partial charge in [0.15, 0.2) is 0 Å². The molecule has 0 saturated heterocycles. The van der Waals surface area contributed by atoms with Crippen LogP contribution in [0.5, 0.6) is 0 Å². The molecule has 0 aliphatic carbocycles. The Hall–Kier alpha value is -3.35. The fourth-order valence-electron chi connectivity index (χ4n) is 3.02. The number of ether oxygens (including phenoxy) is 2. The molecule has 0 heterocycles. The molecular weight excluding hydrogens is 422 g/mol. The van der Waals surface area contributed by atoms with Gasteiger partial charge in [0.1, 0.15) is 0 Å². The van der Waals surface area contributed by atoms with Crippen molar-refractivity contribution in [3.05, 3.63) is 65.8 Å². The maximum atomic E-state index is 12.2. The predicted octanol–water partition coefficient (Wildman–Crippen LogP) is 5.18. The molecule has 0 bridgehead atoms. The second-order valence-electron chi connectivity index (χ2n) is 8.62. The summed E-state index contributed by atoms with van der Waals surface area (Å²) < 4.78 is 10.6. The highest BCUT2D eigenvalue weighted by molar-refractivity contribution is 5.87. The number of nitrogens with zero attached hydrogens (tertiary/aromatic N) is 1. The molecule has 0 spiro atoms. The van der Waals surface area contributed by atoms with Crippen LogP contribution in [0.25, 0.3) is 5.57 Å². The first-order chi connectivity index (χ1) is 15.3. The molecule has 1 aromatic carbocycles. The van der Waals surface area contributed by atoms with Gasteiger partial charge in [-0.15, -0.1) is 0 Å². The van der Waals surface area contributed by atoms with Crippen LogP contribution in [0.2, 0.25) is 0 Å². The van der Waals surface area contributed by atoms with E-state index in [2.05, 4.69) is 13.2 Å². The van der Waals surface area contributed by atoms with Crippen molar-refractivity contribution < 1.29 is 29.0 Å². The van der Waals surface area contributed by atoms with Crippen LogP contribution in [-0.2, 0) is 24.6 Å². The second kappa shape index (κ2) is 12.0. The first-order valence-corrected chi connectivity index (χ1v) is 10.7. The number of carbonyl (C=O) groups is 3. The van der Waals surface area contributed by atoms with Crippen molar-refractivity contribution >= 4 is 23.6 Å². The summed E-state index contributed by atoms with van der Waals surface area (Å²) in [6.45, 7) is 17.6. The monoisotopic (exact) mass is 457 g/mol. The molecular formula is C26H35NO6. The Kier molecular flexibility index (Phi) is 10.1. The number of hydrogen-bond acceptors (Lipinski definition) is 5. The van der Waals surface area contributed by atoms with Crippen molar-refractivity contribution in [3.8, 4) is 0 Å². The highest BCUT2D eigenvalue weighted by Crippen LogP contribution is 2.30. The number of esters is 2. The van der Waals surface area contributed by atoms with Crippen LogP contribution in [0.3, 0.4) is 0 Å². The zero-order chi connectivity index (χ0) is 25.3. The van der Waals surface area contributed by atoms with Gasteiger partial charge in [0.2, 0.25) is 0 Å². The molecule has 1 amide bonds. The van der Waals surface area contributed by atoms with E-state index in [1.165, 1.54) is 11.8 Å². The number of rotatable bonds is 11. The second-order valence-corrected chi connectivity index (χ2v) is 8.62. The largest absolute Gasteiger partial charge is 0.465 e. The lowest BCUT2D eigenvalue weighted by Crippen LogP contribution is -2.48. The fourth-order valence-corrected chi connectivity index (χ4v) is 3.02. The quantitative estimate of drug-likeness (QED) is 0.364. The zero-order valence-corrected chi connectivity index (χ0v) is 20.4. The lowest BCUT2D eigenvalue weighted by molar-refractivity contribution is -0.144. The fraction of sp³-hybridized carbons (Fsp3) is 0.423. The molecule has 7 nitrogen and oxygen atoms in total. The Morgan fingerprint density at radius 2 is 1.55 bits per heavy atom. The Bertz CT molecular complexity index is 927. The van der Waals surface area contributed by atoms with Gasteiger partial charge in [0.25, 0.3) is 0 Å². The van der Waals surface area contributed by atoms with E-state index in [-0.39, 0.29) is 25.3 Å². The first-order valence-electron chi connectivity index (χ1n) is 10.7. The summed E-state index contributed by atoms with van der Waals surface area (Å²) in [6.07, 6.45) is 0.482. The van der Waals surface area contributed by atoms with Crippen molar-refractivity contribution in [2.45, 2.75) is 47.1 Å². The van der Waals surface area contributed by atoms with Gasteiger partial charge in [-0.25, -0.2) is 14.4 Å². The lowest BCUT2D eigenvalue weighted by atomic mass is 9.90. The van der Waals surface area contributed by atoms with Crippen LogP contribution in [0.15, 0.2) is 54.6 Å². The van der Waals surface area contributed by atoms with E-state index in [0.29, 0.717) is 5.57 Å². The zero-order valence-electron chi connectivity index (χ0n) is 20.4. The van der Waals surface area contributed by atoms with E-state index in [0.717, 1.165) is 16.7 Å². The Balaban J connectivity index is 3.15. The normalized spacial score (nSPS) is 12.5. The number of carboxylic acid groups (broad SMARTS) is 1. The molecule has 0 radical (unpaired) electrons. The summed E-state index contributed by atoms with van der Waals surface area (Å²) in [7, 11) is 0. The SMILES string of the molecule is C=C(C)C(=O)OCC(COC(=O)C(C)=CC)CN(C(=O)O)C(C)(C)c1ccc(C(=C)C)cc1. The molecule has 180 valence electrons. The number of hydrogen-bond donors (Lipinski definition) is 1. The van der Waals surface area contributed by atoms with Crippen molar-refractivity contribution in [2.24, 2.45) is 5.92 Å². The summed E-state index contributed by atoms with van der Waals surface area (Å²) in [5.74, 6) is -1.68. The van der Waals surface area contributed by atoms with Crippen molar-refractivity contribution in [1.82, 2.24) is 4.90 Å².